The van der Waals surface area contributed by atoms with E-state index in [0.29, 0.717) is 23.5 Å². The molecular weight excluding hydrogens is 268 g/mol. The van der Waals surface area contributed by atoms with Crippen molar-refractivity contribution in [3.05, 3.63) is 51.2 Å². The van der Waals surface area contributed by atoms with E-state index in [4.69, 9.17) is 0 Å². The number of rotatable bonds is 3. The first-order chi connectivity index (χ1) is 10.1. The molecule has 0 fully saturated rings. The van der Waals surface area contributed by atoms with Gasteiger partial charge >= 0.3 is 5.69 Å². The first-order valence-corrected chi connectivity index (χ1v) is 6.88. The molecule has 0 radical (unpaired) electrons. The van der Waals surface area contributed by atoms with Crippen LogP contribution in [0.1, 0.15) is 13.3 Å². The normalized spacial score (nSPS) is 11.1. The van der Waals surface area contributed by atoms with E-state index >= 15 is 0 Å². The summed E-state index contributed by atoms with van der Waals surface area (Å²) in [6, 6.07) is 9.61. The lowest BCUT2D eigenvalue weighted by Crippen LogP contribution is -2.31. The fraction of sp³-hybridized carbons (Fsp3) is 0.267. The van der Waals surface area contributed by atoms with E-state index in [1.165, 1.54) is 0 Å². The van der Waals surface area contributed by atoms with E-state index in [2.05, 4.69) is 9.97 Å². The number of H-pyrrole nitrogens is 1. The summed E-state index contributed by atoms with van der Waals surface area (Å²) in [5.74, 6) is 0.673. The van der Waals surface area contributed by atoms with Crippen LogP contribution >= 0.6 is 0 Å². The Hall–Kier alpha value is -2.63. The van der Waals surface area contributed by atoms with Gasteiger partial charge < -0.3 is 4.57 Å². The van der Waals surface area contributed by atoms with Crippen LogP contribution in [0.3, 0.4) is 0 Å². The molecule has 6 nitrogen and oxygen atoms in total. The Morgan fingerprint density at radius 1 is 1.19 bits per heavy atom. The largest absolute Gasteiger partial charge is 0.330 e. The second-order valence-corrected chi connectivity index (χ2v) is 4.94. The molecule has 0 bridgehead atoms. The van der Waals surface area contributed by atoms with Crippen LogP contribution in [0.25, 0.3) is 22.6 Å². The minimum Gasteiger partial charge on any atom is -0.313 e. The topological polar surface area (TPSA) is 72.7 Å². The van der Waals surface area contributed by atoms with Crippen LogP contribution in [-0.2, 0) is 13.6 Å². The Balaban J connectivity index is 2.40. The van der Waals surface area contributed by atoms with E-state index in [-0.39, 0.29) is 0 Å². The second-order valence-electron chi connectivity index (χ2n) is 4.94. The number of imidazole rings is 1. The van der Waals surface area contributed by atoms with Crippen LogP contribution < -0.4 is 11.2 Å². The van der Waals surface area contributed by atoms with Crippen molar-refractivity contribution in [3.8, 4) is 11.4 Å². The van der Waals surface area contributed by atoms with Gasteiger partial charge in [0, 0.05) is 19.2 Å². The van der Waals surface area contributed by atoms with Crippen molar-refractivity contribution in [3.63, 3.8) is 0 Å². The Morgan fingerprint density at radius 2 is 1.90 bits per heavy atom. The summed E-state index contributed by atoms with van der Waals surface area (Å²) >= 11 is 0. The third kappa shape index (κ3) is 2.08. The van der Waals surface area contributed by atoms with Crippen LogP contribution in [0.2, 0.25) is 0 Å². The third-order valence-electron chi connectivity index (χ3n) is 3.48. The van der Waals surface area contributed by atoms with Gasteiger partial charge in [0.25, 0.3) is 5.56 Å². The zero-order valence-corrected chi connectivity index (χ0v) is 12.0. The van der Waals surface area contributed by atoms with Gasteiger partial charge in [0.2, 0.25) is 0 Å². The minimum atomic E-state index is -0.444. The van der Waals surface area contributed by atoms with Crippen molar-refractivity contribution in [2.45, 2.75) is 19.9 Å². The number of nitrogens with one attached hydrogen (secondary N) is 1. The number of aromatic amines is 1. The van der Waals surface area contributed by atoms with Gasteiger partial charge in [-0.2, -0.15) is 0 Å². The minimum absolute atomic E-state index is 0.296. The Labute approximate surface area is 120 Å². The zero-order valence-electron chi connectivity index (χ0n) is 12.0. The van der Waals surface area contributed by atoms with Gasteiger partial charge in [-0.15, -0.1) is 0 Å². The highest BCUT2D eigenvalue weighted by atomic mass is 16.2. The van der Waals surface area contributed by atoms with Crippen LogP contribution in [0.15, 0.2) is 39.9 Å². The predicted molar refractivity (Wildman–Crippen MR) is 81.3 cm³/mol. The summed E-state index contributed by atoms with van der Waals surface area (Å²) in [5.41, 5.74) is 0.928. The molecule has 21 heavy (non-hydrogen) atoms. The maximum Gasteiger partial charge on any atom is 0.330 e. The summed E-state index contributed by atoms with van der Waals surface area (Å²) in [5, 5.41) is 0. The molecule has 1 aromatic carbocycles. The average Bonchev–Trinajstić information content (AvgIpc) is 2.83. The lowest BCUT2D eigenvalue weighted by molar-refractivity contribution is 0.642. The Bertz CT molecular complexity index is 903. The molecule has 2 heterocycles. The van der Waals surface area contributed by atoms with Gasteiger partial charge in [-0.05, 0) is 6.42 Å². The summed E-state index contributed by atoms with van der Waals surface area (Å²) in [7, 11) is 1.82. The average molecular weight is 284 g/mol. The van der Waals surface area contributed by atoms with E-state index in [1.54, 1.807) is 9.13 Å². The lowest BCUT2D eigenvalue weighted by atomic mass is 10.2. The Kier molecular flexibility index (Phi) is 3.21. The second kappa shape index (κ2) is 5.05. The van der Waals surface area contributed by atoms with E-state index in [9.17, 15) is 9.59 Å². The van der Waals surface area contributed by atoms with Crippen LogP contribution in [0, 0.1) is 0 Å². The first kappa shape index (κ1) is 13.4. The molecule has 3 aromatic rings. The van der Waals surface area contributed by atoms with Gasteiger partial charge in [-0.25, -0.2) is 9.78 Å². The molecule has 1 N–H and O–H groups in total. The standard InChI is InChI=1S/C15H16N4O2/c1-3-9-19-14-11(13(20)17-15(19)21)16-12(18(14)2)10-7-5-4-6-8-10/h4-8H,3,9H2,1-2H3,(H,17,20,21). The molecule has 6 heteroatoms. The van der Waals surface area contributed by atoms with Gasteiger partial charge in [-0.3, -0.25) is 14.3 Å². The van der Waals surface area contributed by atoms with Crippen molar-refractivity contribution < 1.29 is 0 Å². The molecule has 0 aliphatic carbocycles. The zero-order chi connectivity index (χ0) is 15.0. The summed E-state index contributed by atoms with van der Waals surface area (Å²) in [6.45, 7) is 2.53. The van der Waals surface area contributed by atoms with Crippen molar-refractivity contribution >= 4 is 11.2 Å². The summed E-state index contributed by atoms with van der Waals surface area (Å²) in [4.78, 5) is 30.8. The number of aryl methyl sites for hydroxylation is 2. The highest BCUT2D eigenvalue weighted by molar-refractivity contribution is 5.76. The molecule has 0 saturated heterocycles. The van der Waals surface area contributed by atoms with Crippen molar-refractivity contribution in [2.75, 3.05) is 0 Å². The summed E-state index contributed by atoms with van der Waals surface area (Å²) < 4.78 is 3.37. The number of hydrogen-bond acceptors (Lipinski definition) is 3. The smallest absolute Gasteiger partial charge is 0.313 e. The van der Waals surface area contributed by atoms with Crippen LogP contribution in [0.4, 0.5) is 0 Å². The van der Waals surface area contributed by atoms with Crippen LogP contribution in [-0.4, -0.2) is 19.1 Å². The van der Waals surface area contributed by atoms with E-state index in [1.807, 2.05) is 44.3 Å². The van der Waals surface area contributed by atoms with Crippen LogP contribution in [0.5, 0.6) is 0 Å². The molecule has 2 aromatic heterocycles. The third-order valence-corrected chi connectivity index (χ3v) is 3.48. The van der Waals surface area contributed by atoms with Gasteiger partial charge in [-0.1, -0.05) is 37.3 Å². The molecule has 0 aliphatic rings. The van der Waals surface area contributed by atoms with Gasteiger partial charge in [0.15, 0.2) is 5.52 Å². The number of hydrogen-bond donors (Lipinski definition) is 1. The maximum atomic E-state index is 12.0. The fourth-order valence-corrected chi connectivity index (χ4v) is 2.55. The van der Waals surface area contributed by atoms with E-state index in [0.717, 1.165) is 12.0 Å². The fourth-order valence-electron chi connectivity index (χ4n) is 2.55. The highest BCUT2D eigenvalue weighted by Gasteiger charge is 2.16. The quantitative estimate of drug-likeness (QED) is 0.792. The lowest BCUT2D eigenvalue weighted by Gasteiger charge is -2.07. The first-order valence-electron chi connectivity index (χ1n) is 6.88. The predicted octanol–water partition coefficient (Wildman–Crippen LogP) is 1.50. The number of benzene rings is 1. The molecule has 3 rings (SSSR count). The molecule has 0 aliphatic heterocycles. The molecule has 0 atom stereocenters. The molecule has 0 saturated carbocycles. The monoisotopic (exact) mass is 284 g/mol. The molecule has 108 valence electrons. The number of aromatic nitrogens is 4. The maximum absolute atomic E-state index is 12.0. The number of nitrogens with zero attached hydrogens (tertiary/aromatic N) is 3. The van der Waals surface area contributed by atoms with Crippen molar-refractivity contribution in [1.82, 2.24) is 19.1 Å². The highest BCUT2D eigenvalue weighted by Crippen LogP contribution is 2.20. The van der Waals surface area contributed by atoms with Gasteiger partial charge in [0.05, 0.1) is 0 Å². The molecular formula is C15H16N4O2. The van der Waals surface area contributed by atoms with Crippen molar-refractivity contribution in [1.29, 1.82) is 0 Å². The number of fused-ring (bicyclic) bond motifs is 1. The molecule has 0 amide bonds. The molecule has 0 unspecified atom stereocenters. The van der Waals surface area contributed by atoms with E-state index < -0.39 is 11.2 Å². The SMILES string of the molecule is CCCn1c(=O)[nH]c(=O)c2nc(-c3ccccc3)n(C)c21. The van der Waals surface area contributed by atoms with Crippen molar-refractivity contribution in [2.24, 2.45) is 7.05 Å². The summed E-state index contributed by atoms with van der Waals surface area (Å²) in [6.07, 6.45) is 0.799. The van der Waals surface area contributed by atoms with Gasteiger partial charge in [0.1, 0.15) is 11.5 Å². The Morgan fingerprint density at radius 3 is 2.57 bits per heavy atom. The molecule has 0 spiro atoms.